The number of methoxy groups -OCH3 is 1. The number of esters is 1. The van der Waals surface area contributed by atoms with Gasteiger partial charge in [-0.05, 0) is 18.2 Å². The fourth-order valence-corrected chi connectivity index (χ4v) is 1.99. The molecule has 19 heavy (non-hydrogen) atoms. The summed E-state index contributed by atoms with van der Waals surface area (Å²) in [6, 6.07) is 5.36. The molecule has 0 bridgehead atoms. The smallest absolute Gasteiger partial charge is 0.377 e. The zero-order valence-corrected chi connectivity index (χ0v) is 12.2. The van der Waals surface area contributed by atoms with Gasteiger partial charge in [-0.3, -0.25) is 0 Å². The highest BCUT2D eigenvalue weighted by Crippen LogP contribution is 2.20. The first-order valence-electron chi connectivity index (χ1n) is 5.12. The highest BCUT2D eigenvalue weighted by atomic mass is 79.9. The van der Waals surface area contributed by atoms with E-state index in [2.05, 4.69) is 30.7 Å². The van der Waals surface area contributed by atoms with Gasteiger partial charge in [-0.2, -0.15) is 0 Å². The van der Waals surface area contributed by atoms with Crippen LogP contribution in [0.5, 0.6) is 0 Å². The van der Waals surface area contributed by atoms with E-state index in [1.165, 1.54) is 18.1 Å². The number of ether oxygens (including phenoxy) is 1. The zero-order valence-electron chi connectivity index (χ0n) is 9.83. The van der Waals surface area contributed by atoms with Gasteiger partial charge in [0.15, 0.2) is 0 Å². The maximum absolute atomic E-state index is 11.3. The minimum Gasteiger partial charge on any atom is -0.463 e. The van der Waals surface area contributed by atoms with Crippen molar-refractivity contribution in [2.45, 2.75) is 0 Å². The third kappa shape index (κ3) is 2.79. The normalized spacial score (nSPS) is 10.2. The molecule has 0 radical (unpaired) electrons. The molecule has 0 unspecified atom stereocenters. The number of rotatable bonds is 3. The van der Waals surface area contributed by atoms with Crippen molar-refractivity contribution < 1.29 is 9.53 Å². The molecule has 0 atom stereocenters. The highest BCUT2D eigenvalue weighted by Gasteiger charge is 2.14. The van der Waals surface area contributed by atoms with Crippen LogP contribution in [0.1, 0.15) is 16.2 Å². The molecule has 0 fully saturated rings. The van der Waals surface area contributed by atoms with Crippen molar-refractivity contribution in [3.05, 3.63) is 40.4 Å². The Morgan fingerprint density at radius 2 is 2.26 bits per heavy atom. The van der Waals surface area contributed by atoms with Gasteiger partial charge in [0.2, 0.25) is 0 Å². The van der Waals surface area contributed by atoms with Crippen molar-refractivity contribution in [2.24, 2.45) is 5.73 Å². The molecule has 1 aromatic heterocycles. The van der Waals surface area contributed by atoms with Gasteiger partial charge in [-0.15, -0.1) is 5.10 Å². The van der Waals surface area contributed by atoms with E-state index in [9.17, 15) is 4.79 Å². The Labute approximate surface area is 122 Å². The van der Waals surface area contributed by atoms with E-state index >= 15 is 0 Å². The SMILES string of the molecule is COC(=O)c1ncn(-c2cc(Br)ccc2C(N)=S)n1. The van der Waals surface area contributed by atoms with Gasteiger partial charge in [0, 0.05) is 10.0 Å². The van der Waals surface area contributed by atoms with Crippen LogP contribution in [0.2, 0.25) is 0 Å². The Balaban J connectivity index is 2.52. The van der Waals surface area contributed by atoms with E-state index in [0.29, 0.717) is 11.3 Å². The molecule has 0 saturated carbocycles. The summed E-state index contributed by atoms with van der Waals surface area (Å²) in [5.74, 6) is -0.637. The monoisotopic (exact) mass is 340 g/mol. The standard InChI is InChI=1S/C11H9BrN4O2S/c1-18-11(17)10-14-5-16(15-10)8-4-6(12)2-3-7(8)9(13)19/h2-5H,1H3,(H2,13,19). The number of hydrogen-bond donors (Lipinski definition) is 1. The maximum Gasteiger partial charge on any atom is 0.377 e. The lowest BCUT2D eigenvalue weighted by Crippen LogP contribution is -2.14. The van der Waals surface area contributed by atoms with E-state index < -0.39 is 5.97 Å². The van der Waals surface area contributed by atoms with Crippen LogP contribution in [0.3, 0.4) is 0 Å². The van der Waals surface area contributed by atoms with Crippen LogP contribution in [-0.4, -0.2) is 32.8 Å². The summed E-state index contributed by atoms with van der Waals surface area (Å²) >= 11 is 8.34. The number of nitrogens with zero attached hydrogens (tertiary/aromatic N) is 3. The van der Waals surface area contributed by atoms with Crippen LogP contribution >= 0.6 is 28.1 Å². The predicted octanol–water partition coefficient (Wildman–Crippen LogP) is 1.45. The van der Waals surface area contributed by atoms with Gasteiger partial charge >= 0.3 is 5.97 Å². The van der Waals surface area contributed by atoms with Gasteiger partial charge in [0.1, 0.15) is 11.3 Å². The number of halogens is 1. The number of thiocarbonyl (C=S) groups is 1. The maximum atomic E-state index is 11.3. The molecule has 1 heterocycles. The van der Waals surface area contributed by atoms with E-state index in [4.69, 9.17) is 18.0 Å². The van der Waals surface area contributed by atoms with Gasteiger partial charge in [0.05, 0.1) is 12.8 Å². The first-order valence-corrected chi connectivity index (χ1v) is 6.32. The number of carbonyl (C=O) groups excluding carboxylic acids is 1. The van der Waals surface area contributed by atoms with E-state index in [1.807, 2.05) is 6.07 Å². The highest BCUT2D eigenvalue weighted by molar-refractivity contribution is 9.10. The third-order valence-electron chi connectivity index (χ3n) is 2.33. The molecule has 6 nitrogen and oxygen atoms in total. The summed E-state index contributed by atoms with van der Waals surface area (Å²) in [4.78, 5) is 15.4. The topological polar surface area (TPSA) is 83.0 Å². The number of aromatic nitrogens is 3. The average Bonchev–Trinajstić information content (AvgIpc) is 2.86. The Kier molecular flexibility index (Phi) is 3.91. The minimum atomic E-state index is -0.606. The Morgan fingerprint density at radius 1 is 1.53 bits per heavy atom. The molecule has 2 aromatic rings. The van der Waals surface area contributed by atoms with Crippen LogP contribution in [0.15, 0.2) is 29.0 Å². The molecule has 0 saturated heterocycles. The summed E-state index contributed by atoms with van der Waals surface area (Å²) in [7, 11) is 1.27. The second-order valence-electron chi connectivity index (χ2n) is 3.53. The largest absolute Gasteiger partial charge is 0.463 e. The summed E-state index contributed by atoms with van der Waals surface area (Å²) in [6.45, 7) is 0. The molecule has 2 rings (SSSR count). The third-order valence-corrected chi connectivity index (χ3v) is 3.05. The Morgan fingerprint density at radius 3 is 2.89 bits per heavy atom. The van der Waals surface area contributed by atoms with Crippen LogP contribution in [0, 0.1) is 0 Å². The second-order valence-corrected chi connectivity index (χ2v) is 4.89. The molecule has 0 aliphatic rings. The van der Waals surface area contributed by atoms with Gasteiger partial charge in [0.25, 0.3) is 5.82 Å². The summed E-state index contributed by atoms with van der Waals surface area (Å²) in [6.07, 6.45) is 1.40. The minimum absolute atomic E-state index is 0.0311. The second kappa shape index (κ2) is 5.45. The van der Waals surface area contributed by atoms with E-state index in [-0.39, 0.29) is 10.8 Å². The number of carbonyl (C=O) groups is 1. The van der Waals surface area contributed by atoms with Crippen molar-refractivity contribution in [3.8, 4) is 5.69 Å². The zero-order chi connectivity index (χ0) is 14.0. The number of benzene rings is 1. The fourth-order valence-electron chi connectivity index (χ4n) is 1.47. The van der Waals surface area contributed by atoms with Crippen LogP contribution in [0.25, 0.3) is 5.69 Å². The van der Waals surface area contributed by atoms with Gasteiger partial charge in [-0.1, -0.05) is 28.1 Å². The molecular formula is C11H9BrN4O2S. The van der Waals surface area contributed by atoms with Gasteiger partial charge in [-0.25, -0.2) is 14.5 Å². The van der Waals surface area contributed by atoms with Crippen LogP contribution in [-0.2, 0) is 4.74 Å². The van der Waals surface area contributed by atoms with Crippen LogP contribution < -0.4 is 5.73 Å². The predicted molar refractivity (Wildman–Crippen MR) is 76.3 cm³/mol. The molecule has 0 aliphatic heterocycles. The lowest BCUT2D eigenvalue weighted by Gasteiger charge is -2.08. The van der Waals surface area contributed by atoms with Crippen molar-refractivity contribution in [1.82, 2.24) is 14.8 Å². The molecule has 0 aliphatic carbocycles. The Bertz CT molecular complexity index is 656. The van der Waals surface area contributed by atoms with Crippen LogP contribution in [0.4, 0.5) is 0 Å². The number of nitrogens with two attached hydrogens (primary N) is 1. The quantitative estimate of drug-likeness (QED) is 0.672. The molecule has 0 amide bonds. The van der Waals surface area contributed by atoms with Crippen molar-refractivity contribution in [3.63, 3.8) is 0 Å². The molecule has 2 N–H and O–H groups in total. The first kappa shape index (κ1) is 13.6. The van der Waals surface area contributed by atoms with E-state index in [0.717, 1.165) is 4.47 Å². The molecule has 1 aromatic carbocycles. The lowest BCUT2D eigenvalue weighted by atomic mass is 10.2. The first-order chi connectivity index (χ1) is 9.02. The van der Waals surface area contributed by atoms with Crippen molar-refractivity contribution in [1.29, 1.82) is 0 Å². The molecule has 8 heteroatoms. The fraction of sp³-hybridized carbons (Fsp3) is 0.0909. The van der Waals surface area contributed by atoms with Crippen molar-refractivity contribution in [2.75, 3.05) is 7.11 Å². The molecule has 98 valence electrons. The molecule has 0 spiro atoms. The average molecular weight is 341 g/mol. The van der Waals surface area contributed by atoms with E-state index in [1.54, 1.807) is 12.1 Å². The Hall–Kier alpha value is -1.80. The van der Waals surface area contributed by atoms with Gasteiger partial charge < -0.3 is 10.5 Å². The summed E-state index contributed by atoms with van der Waals surface area (Å²) < 4.78 is 6.80. The molecular weight excluding hydrogens is 332 g/mol. The van der Waals surface area contributed by atoms with Crippen molar-refractivity contribution >= 4 is 39.1 Å². The summed E-state index contributed by atoms with van der Waals surface area (Å²) in [5.41, 5.74) is 6.93. The lowest BCUT2D eigenvalue weighted by molar-refractivity contribution is 0.0587. The number of hydrogen-bond acceptors (Lipinski definition) is 5. The summed E-state index contributed by atoms with van der Waals surface area (Å²) in [5, 5.41) is 4.03.